The van der Waals surface area contributed by atoms with Crippen LogP contribution in [0.25, 0.3) is 11.3 Å². The van der Waals surface area contributed by atoms with Gasteiger partial charge in [0.25, 0.3) is 17.7 Å². The Morgan fingerprint density at radius 1 is 0.810 bits per heavy atom. The Hall–Kier alpha value is -6.55. The first-order valence-electron chi connectivity index (χ1n) is 22.2. The highest BCUT2D eigenvalue weighted by Crippen LogP contribution is 2.41. The van der Waals surface area contributed by atoms with E-state index in [9.17, 15) is 28.8 Å². The maximum Gasteiger partial charge on any atom is 0.262 e. The summed E-state index contributed by atoms with van der Waals surface area (Å²) in [7, 11) is 0. The highest BCUT2D eigenvalue weighted by Gasteiger charge is 2.45. The van der Waals surface area contributed by atoms with E-state index in [2.05, 4.69) is 21.3 Å². The number of benzene rings is 3. The molecule has 3 aromatic carbocycles. The van der Waals surface area contributed by atoms with Gasteiger partial charge in [-0.15, -0.1) is 0 Å². The number of rotatable bonds is 13. The zero-order valence-corrected chi connectivity index (χ0v) is 35.1. The van der Waals surface area contributed by atoms with E-state index in [1.807, 2.05) is 64.2 Å². The Kier molecular flexibility index (Phi) is 12.0. The van der Waals surface area contributed by atoms with Crippen LogP contribution in [0.5, 0.6) is 11.5 Å². The number of anilines is 2. The molecule has 5 heterocycles. The number of amides is 6. The highest BCUT2D eigenvalue weighted by molar-refractivity contribution is 6.23. The lowest BCUT2D eigenvalue weighted by Crippen LogP contribution is -2.54. The van der Waals surface area contributed by atoms with Gasteiger partial charge in [-0.3, -0.25) is 39.0 Å². The molecule has 63 heavy (non-hydrogen) atoms. The normalized spacial score (nSPS) is 22.5. The Morgan fingerprint density at radius 2 is 1.54 bits per heavy atom. The summed E-state index contributed by atoms with van der Waals surface area (Å²) in [6.45, 7) is 3.44. The number of para-hydroxylation sites is 1. The lowest BCUT2D eigenvalue weighted by molar-refractivity contribution is -0.136. The Balaban J connectivity index is 0.714. The van der Waals surface area contributed by atoms with E-state index in [4.69, 9.17) is 15.6 Å². The summed E-state index contributed by atoms with van der Waals surface area (Å²) < 4.78 is 7.94. The SMILES string of the molecule is NC(=O)c1c(-c2ccc(Oc3ccccc3)cc2)nn2c1NCC[C@H]2C1CCN(C(=O)CC2CCC(NCCNc3ccc4c(c3)C(=O)N(C3CCC(=O)NC3=O)C4=O)CC2)CC1. The molecule has 9 rings (SSSR count). The Labute approximate surface area is 365 Å². The standard InChI is InChI=1S/C47H53N9O7/c48-43(59)41-42(30-8-13-34(14-9-30)63-33-4-2-1-3-5-33)53-56-37(18-21-51-44(41)56)29-19-24-54(25-20-29)40(58)26-28-6-10-31(11-7-28)49-22-23-50-32-12-15-35-36(27-32)47(62)55(46(35)61)38-16-17-39(57)52-45(38)60/h1-5,8-9,12-15,27-29,31,37-38,49-51H,6-7,10-11,16-26H2,(H2,48,59)(H,52,57,60)/t28?,31?,37-,38?/m0/s1. The molecular weight excluding hydrogens is 803 g/mol. The molecule has 1 aliphatic carbocycles. The predicted octanol–water partition coefficient (Wildman–Crippen LogP) is 5.09. The molecular formula is C47H53N9O7. The third kappa shape index (κ3) is 8.76. The van der Waals surface area contributed by atoms with Crippen molar-refractivity contribution < 1.29 is 33.5 Å². The van der Waals surface area contributed by atoms with Gasteiger partial charge < -0.3 is 31.3 Å². The summed E-state index contributed by atoms with van der Waals surface area (Å²) in [6.07, 6.45) is 7.33. The molecule has 0 spiro atoms. The number of carbonyl (C=O) groups is 6. The van der Waals surface area contributed by atoms with E-state index >= 15 is 0 Å². The molecule has 6 amide bonds. The number of piperidine rings is 2. The summed E-state index contributed by atoms with van der Waals surface area (Å²) >= 11 is 0. The van der Waals surface area contributed by atoms with E-state index in [0.29, 0.717) is 85.5 Å². The Bertz CT molecular complexity index is 2400. The number of hydrogen-bond donors (Lipinski definition) is 5. The quantitative estimate of drug-likeness (QED) is 0.0884. The van der Waals surface area contributed by atoms with Crippen molar-refractivity contribution in [3.8, 4) is 22.8 Å². The third-order valence-electron chi connectivity index (χ3n) is 13.4. The molecule has 16 nitrogen and oxygen atoms in total. The second-order valence-electron chi connectivity index (χ2n) is 17.3. The molecule has 1 unspecified atom stereocenters. The number of imide groups is 2. The van der Waals surface area contributed by atoms with Crippen LogP contribution in [0, 0.1) is 11.8 Å². The van der Waals surface area contributed by atoms with E-state index < -0.39 is 35.6 Å². The van der Waals surface area contributed by atoms with Gasteiger partial charge in [-0.1, -0.05) is 18.2 Å². The number of likely N-dealkylation sites (tertiary alicyclic amines) is 1. The maximum absolute atomic E-state index is 13.6. The van der Waals surface area contributed by atoms with Gasteiger partial charge in [-0.2, -0.15) is 5.10 Å². The second-order valence-corrected chi connectivity index (χ2v) is 17.3. The molecule has 2 atom stereocenters. The van der Waals surface area contributed by atoms with E-state index in [1.54, 1.807) is 18.2 Å². The summed E-state index contributed by atoms with van der Waals surface area (Å²) in [5.41, 5.74) is 8.89. The highest BCUT2D eigenvalue weighted by atomic mass is 16.5. The van der Waals surface area contributed by atoms with Gasteiger partial charge >= 0.3 is 0 Å². The van der Waals surface area contributed by atoms with Gasteiger partial charge in [0.15, 0.2) is 0 Å². The average molecular weight is 856 g/mol. The molecule has 1 saturated carbocycles. The van der Waals surface area contributed by atoms with Gasteiger partial charge in [-0.25, -0.2) is 4.68 Å². The van der Waals surface area contributed by atoms with Crippen molar-refractivity contribution in [2.45, 2.75) is 82.3 Å². The molecule has 4 aromatic rings. The van der Waals surface area contributed by atoms with Crippen molar-refractivity contribution >= 4 is 46.9 Å². The van der Waals surface area contributed by atoms with Crippen LogP contribution in [-0.2, 0) is 14.4 Å². The fourth-order valence-corrected chi connectivity index (χ4v) is 10.0. The molecule has 16 heteroatoms. The monoisotopic (exact) mass is 855 g/mol. The van der Waals surface area contributed by atoms with Crippen LogP contribution in [0.3, 0.4) is 0 Å². The van der Waals surface area contributed by atoms with Crippen LogP contribution in [0.15, 0.2) is 72.8 Å². The minimum atomic E-state index is -0.992. The number of ether oxygens (including phenoxy) is 1. The lowest BCUT2D eigenvalue weighted by Gasteiger charge is -2.39. The molecule has 6 N–H and O–H groups in total. The number of fused-ring (bicyclic) bond motifs is 2. The second kappa shape index (κ2) is 18.0. The van der Waals surface area contributed by atoms with Crippen LogP contribution in [0.4, 0.5) is 11.5 Å². The zero-order chi connectivity index (χ0) is 43.6. The zero-order valence-electron chi connectivity index (χ0n) is 35.1. The molecule has 0 bridgehead atoms. The van der Waals surface area contributed by atoms with Crippen LogP contribution in [0.1, 0.15) is 101 Å². The molecule has 2 saturated heterocycles. The number of nitrogens with two attached hydrogens (primary N) is 1. The molecule has 328 valence electrons. The predicted molar refractivity (Wildman–Crippen MR) is 234 cm³/mol. The fraction of sp³-hybridized carbons (Fsp3) is 0.426. The van der Waals surface area contributed by atoms with Crippen LogP contribution in [0.2, 0.25) is 0 Å². The Morgan fingerprint density at radius 3 is 2.27 bits per heavy atom. The number of nitrogens with one attached hydrogen (secondary N) is 4. The first-order chi connectivity index (χ1) is 30.6. The average Bonchev–Trinajstić information content (AvgIpc) is 3.81. The van der Waals surface area contributed by atoms with Crippen molar-refractivity contribution in [2.24, 2.45) is 17.6 Å². The third-order valence-corrected chi connectivity index (χ3v) is 13.4. The van der Waals surface area contributed by atoms with Gasteiger partial charge in [0, 0.05) is 62.9 Å². The maximum atomic E-state index is 13.6. The fourth-order valence-electron chi connectivity index (χ4n) is 10.0. The smallest absolute Gasteiger partial charge is 0.262 e. The van der Waals surface area contributed by atoms with Crippen LogP contribution in [-0.4, -0.2) is 99.8 Å². The largest absolute Gasteiger partial charge is 0.457 e. The molecule has 0 radical (unpaired) electrons. The molecule has 4 aliphatic heterocycles. The summed E-state index contributed by atoms with van der Waals surface area (Å²) in [5.74, 6) is 0.370. The molecule has 5 aliphatic rings. The van der Waals surface area contributed by atoms with Crippen LogP contribution < -0.4 is 31.7 Å². The number of hydrogen-bond acceptors (Lipinski definition) is 11. The first-order valence-corrected chi connectivity index (χ1v) is 22.2. The summed E-state index contributed by atoms with van der Waals surface area (Å²) in [5, 5.41) is 17.6. The number of aromatic nitrogens is 2. The molecule has 3 fully saturated rings. The van der Waals surface area contributed by atoms with Gasteiger partial charge in [-0.05, 0) is 118 Å². The van der Waals surface area contributed by atoms with Crippen molar-refractivity contribution in [1.29, 1.82) is 0 Å². The molecule has 1 aromatic heterocycles. The van der Waals surface area contributed by atoms with Crippen LogP contribution >= 0.6 is 0 Å². The summed E-state index contributed by atoms with van der Waals surface area (Å²) in [4.78, 5) is 79.6. The number of nitrogens with zero attached hydrogens (tertiary/aromatic N) is 4. The van der Waals surface area contributed by atoms with Gasteiger partial charge in [0.2, 0.25) is 17.7 Å². The van der Waals surface area contributed by atoms with E-state index in [-0.39, 0.29) is 35.9 Å². The van der Waals surface area contributed by atoms with E-state index in [0.717, 1.165) is 61.2 Å². The summed E-state index contributed by atoms with van der Waals surface area (Å²) in [6, 6.07) is 21.6. The van der Waals surface area contributed by atoms with Crippen molar-refractivity contribution in [3.63, 3.8) is 0 Å². The lowest BCUT2D eigenvalue weighted by atomic mass is 9.83. The van der Waals surface area contributed by atoms with Crippen molar-refractivity contribution in [2.75, 3.05) is 43.4 Å². The van der Waals surface area contributed by atoms with E-state index in [1.165, 1.54) is 0 Å². The van der Waals surface area contributed by atoms with Gasteiger partial charge in [0.05, 0.1) is 17.2 Å². The van der Waals surface area contributed by atoms with Gasteiger partial charge in [0.1, 0.15) is 34.6 Å². The minimum Gasteiger partial charge on any atom is -0.457 e. The van der Waals surface area contributed by atoms with Crippen molar-refractivity contribution in [1.82, 2.24) is 30.2 Å². The topological polar surface area (TPSA) is 210 Å². The van der Waals surface area contributed by atoms with Crippen molar-refractivity contribution in [3.05, 3.63) is 89.5 Å². The first kappa shape index (κ1) is 41.8. The number of primary amides is 1. The minimum absolute atomic E-state index is 0.0766. The number of carbonyl (C=O) groups excluding carboxylic acids is 6.